The van der Waals surface area contributed by atoms with Crippen LogP contribution in [0.2, 0.25) is 15.1 Å². The first-order valence-electron chi connectivity index (χ1n) is 5.41. The standard InChI is InChI=1S/C13H7Cl3FNO2/c14-8-2-1-7(11(15)12(8)16)10-6(5-9(19)20)3-4-18-13(10)17/h1-4H,5H2,(H,19,20). The zero-order valence-corrected chi connectivity index (χ0v) is 12.1. The molecule has 1 aromatic heterocycles. The lowest BCUT2D eigenvalue weighted by atomic mass is 9.99. The number of hydrogen-bond donors (Lipinski definition) is 1. The van der Waals surface area contributed by atoms with Crippen molar-refractivity contribution in [2.75, 3.05) is 0 Å². The van der Waals surface area contributed by atoms with Gasteiger partial charge in [0, 0.05) is 17.3 Å². The molecule has 0 atom stereocenters. The van der Waals surface area contributed by atoms with E-state index in [1.165, 1.54) is 24.4 Å². The second-order valence-electron chi connectivity index (χ2n) is 3.93. The third-order valence-corrected chi connectivity index (χ3v) is 3.93. The van der Waals surface area contributed by atoms with Crippen molar-refractivity contribution in [3.05, 3.63) is 51.0 Å². The van der Waals surface area contributed by atoms with Crippen LogP contribution in [-0.2, 0) is 11.2 Å². The van der Waals surface area contributed by atoms with Gasteiger partial charge in [0.25, 0.3) is 0 Å². The minimum atomic E-state index is -1.09. The highest BCUT2D eigenvalue weighted by Gasteiger charge is 2.19. The predicted molar refractivity (Wildman–Crippen MR) is 76.0 cm³/mol. The quantitative estimate of drug-likeness (QED) is 0.665. The summed E-state index contributed by atoms with van der Waals surface area (Å²) >= 11 is 17.8. The van der Waals surface area contributed by atoms with Crippen LogP contribution in [0.3, 0.4) is 0 Å². The zero-order valence-electron chi connectivity index (χ0n) is 9.83. The fraction of sp³-hybridized carbons (Fsp3) is 0.0769. The van der Waals surface area contributed by atoms with Crippen molar-refractivity contribution in [1.29, 1.82) is 0 Å². The maximum atomic E-state index is 14.0. The number of benzene rings is 1. The minimum Gasteiger partial charge on any atom is -0.481 e. The molecule has 0 fully saturated rings. The maximum absolute atomic E-state index is 14.0. The summed E-state index contributed by atoms with van der Waals surface area (Å²) in [4.78, 5) is 14.4. The van der Waals surface area contributed by atoms with E-state index in [2.05, 4.69) is 4.98 Å². The number of carbonyl (C=O) groups is 1. The fourth-order valence-corrected chi connectivity index (χ4v) is 2.42. The molecule has 20 heavy (non-hydrogen) atoms. The Morgan fingerprint density at radius 2 is 1.90 bits per heavy atom. The Kier molecular flexibility index (Phi) is 4.48. The summed E-state index contributed by atoms with van der Waals surface area (Å²) in [5.74, 6) is -1.91. The monoisotopic (exact) mass is 333 g/mol. The number of hydrogen-bond acceptors (Lipinski definition) is 2. The molecule has 104 valence electrons. The van der Waals surface area contributed by atoms with Gasteiger partial charge in [-0.25, -0.2) is 4.98 Å². The van der Waals surface area contributed by atoms with Crippen molar-refractivity contribution in [2.45, 2.75) is 6.42 Å². The molecular formula is C13H7Cl3FNO2. The fourth-order valence-electron chi connectivity index (χ4n) is 1.79. The SMILES string of the molecule is O=C(O)Cc1ccnc(F)c1-c1ccc(Cl)c(Cl)c1Cl. The summed E-state index contributed by atoms with van der Waals surface area (Å²) in [6.45, 7) is 0. The maximum Gasteiger partial charge on any atom is 0.307 e. The first-order chi connectivity index (χ1) is 9.41. The van der Waals surface area contributed by atoms with Crippen LogP contribution < -0.4 is 0 Å². The van der Waals surface area contributed by atoms with Gasteiger partial charge in [0.1, 0.15) is 0 Å². The van der Waals surface area contributed by atoms with Crippen LogP contribution in [0.15, 0.2) is 24.4 Å². The average Bonchev–Trinajstić information content (AvgIpc) is 2.37. The van der Waals surface area contributed by atoms with Gasteiger partial charge in [-0.3, -0.25) is 4.79 Å². The van der Waals surface area contributed by atoms with E-state index in [0.717, 1.165) is 0 Å². The number of carboxylic acid groups (broad SMARTS) is 1. The van der Waals surface area contributed by atoms with E-state index >= 15 is 0 Å². The molecule has 0 radical (unpaired) electrons. The van der Waals surface area contributed by atoms with Crippen LogP contribution in [0, 0.1) is 5.95 Å². The summed E-state index contributed by atoms with van der Waals surface area (Å²) in [7, 11) is 0. The molecule has 1 heterocycles. The van der Waals surface area contributed by atoms with Gasteiger partial charge in [-0.1, -0.05) is 40.9 Å². The third-order valence-electron chi connectivity index (χ3n) is 2.64. The summed E-state index contributed by atoms with van der Waals surface area (Å²) in [6.07, 6.45) is 0.841. The van der Waals surface area contributed by atoms with Crippen LogP contribution >= 0.6 is 34.8 Å². The van der Waals surface area contributed by atoms with E-state index in [1.807, 2.05) is 0 Å². The molecule has 0 spiro atoms. The molecule has 0 aliphatic heterocycles. The lowest BCUT2D eigenvalue weighted by molar-refractivity contribution is -0.136. The van der Waals surface area contributed by atoms with E-state index in [4.69, 9.17) is 39.9 Å². The predicted octanol–water partition coefficient (Wildman–Crippen LogP) is 4.48. The molecule has 7 heteroatoms. The van der Waals surface area contributed by atoms with E-state index in [9.17, 15) is 9.18 Å². The van der Waals surface area contributed by atoms with Crippen LogP contribution in [0.1, 0.15) is 5.56 Å². The van der Waals surface area contributed by atoms with Crippen molar-refractivity contribution in [1.82, 2.24) is 4.98 Å². The lowest BCUT2D eigenvalue weighted by Crippen LogP contribution is -2.04. The molecule has 0 aliphatic carbocycles. The van der Waals surface area contributed by atoms with Gasteiger partial charge < -0.3 is 5.11 Å². The summed E-state index contributed by atoms with van der Waals surface area (Å²) in [5, 5.41) is 9.23. The van der Waals surface area contributed by atoms with Crippen molar-refractivity contribution in [3.63, 3.8) is 0 Å². The van der Waals surface area contributed by atoms with E-state index in [0.29, 0.717) is 0 Å². The summed E-state index contributed by atoms with van der Waals surface area (Å²) in [6, 6.07) is 4.36. The average molecular weight is 335 g/mol. The normalized spacial score (nSPS) is 10.6. The van der Waals surface area contributed by atoms with Crippen LogP contribution in [0.25, 0.3) is 11.1 Å². The summed E-state index contributed by atoms with van der Waals surface area (Å²) < 4.78 is 14.0. The Bertz CT molecular complexity index is 692. The number of rotatable bonds is 3. The topological polar surface area (TPSA) is 50.2 Å². The van der Waals surface area contributed by atoms with E-state index in [-0.39, 0.29) is 38.2 Å². The minimum absolute atomic E-state index is 0.0125. The van der Waals surface area contributed by atoms with Crippen molar-refractivity contribution in [3.8, 4) is 11.1 Å². The number of nitrogens with zero attached hydrogens (tertiary/aromatic N) is 1. The third kappa shape index (κ3) is 2.87. The largest absolute Gasteiger partial charge is 0.481 e. The molecule has 2 rings (SSSR count). The molecule has 1 N–H and O–H groups in total. The number of halogens is 4. The van der Waals surface area contributed by atoms with Gasteiger partial charge in [-0.15, -0.1) is 0 Å². The Balaban J connectivity index is 2.69. The zero-order chi connectivity index (χ0) is 14.9. The Labute approximate surface area is 128 Å². The van der Waals surface area contributed by atoms with Crippen molar-refractivity contribution >= 4 is 40.8 Å². The molecule has 0 saturated heterocycles. The molecule has 1 aromatic carbocycles. The van der Waals surface area contributed by atoms with Crippen LogP contribution in [-0.4, -0.2) is 16.1 Å². The van der Waals surface area contributed by atoms with E-state index in [1.54, 1.807) is 0 Å². The smallest absolute Gasteiger partial charge is 0.307 e. The Morgan fingerprint density at radius 1 is 1.20 bits per heavy atom. The van der Waals surface area contributed by atoms with Crippen molar-refractivity contribution in [2.24, 2.45) is 0 Å². The van der Waals surface area contributed by atoms with Gasteiger partial charge in [-0.2, -0.15) is 4.39 Å². The van der Waals surface area contributed by atoms with Crippen molar-refractivity contribution < 1.29 is 14.3 Å². The van der Waals surface area contributed by atoms with Gasteiger partial charge in [-0.05, 0) is 17.7 Å². The number of aromatic nitrogens is 1. The molecule has 2 aromatic rings. The molecule has 0 unspecified atom stereocenters. The molecule has 0 bridgehead atoms. The molecule has 0 aliphatic rings. The number of carboxylic acids is 1. The second-order valence-corrected chi connectivity index (χ2v) is 5.09. The molecule has 3 nitrogen and oxygen atoms in total. The number of pyridine rings is 1. The first kappa shape index (κ1) is 15.0. The Morgan fingerprint density at radius 3 is 2.55 bits per heavy atom. The molecule has 0 saturated carbocycles. The highest BCUT2D eigenvalue weighted by molar-refractivity contribution is 6.49. The highest BCUT2D eigenvalue weighted by Crippen LogP contribution is 2.39. The Hall–Kier alpha value is -1.36. The van der Waals surface area contributed by atoms with Gasteiger partial charge in [0.15, 0.2) is 0 Å². The summed E-state index contributed by atoms with van der Waals surface area (Å²) in [5.41, 5.74) is 0.520. The molecule has 0 amide bonds. The van der Waals surface area contributed by atoms with Crippen LogP contribution in [0.4, 0.5) is 4.39 Å². The van der Waals surface area contributed by atoms with Gasteiger partial charge in [0.2, 0.25) is 5.95 Å². The molecular weight excluding hydrogens is 328 g/mol. The van der Waals surface area contributed by atoms with E-state index < -0.39 is 11.9 Å². The number of aliphatic carboxylic acids is 1. The van der Waals surface area contributed by atoms with Gasteiger partial charge in [0.05, 0.1) is 21.5 Å². The first-order valence-corrected chi connectivity index (χ1v) is 6.54. The lowest BCUT2D eigenvalue weighted by Gasteiger charge is -2.12. The highest BCUT2D eigenvalue weighted by atomic mass is 35.5. The second kappa shape index (κ2) is 5.95. The van der Waals surface area contributed by atoms with Gasteiger partial charge >= 0.3 is 5.97 Å². The van der Waals surface area contributed by atoms with Crippen LogP contribution in [0.5, 0.6) is 0 Å².